The molecule has 3 nitrogen and oxygen atoms in total. The van der Waals surface area contributed by atoms with Gasteiger partial charge in [-0.15, -0.1) is 0 Å². The fourth-order valence-corrected chi connectivity index (χ4v) is 3.68. The van der Waals surface area contributed by atoms with Crippen molar-refractivity contribution in [1.82, 2.24) is 4.98 Å². The Morgan fingerprint density at radius 2 is 1.80 bits per heavy atom. The molecule has 1 radical (unpaired) electrons. The SMILES string of the molecule is Cc1ccc(-c2c([CH]C(C)(C)C)c(CC(C)C)nc3ccc(OCC#N)cc23)cc1. The molecule has 3 heteroatoms. The van der Waals surface area contributed by atoms with Crippen LogP contribution in [0.1, 0.15) is 51.4 Å². The van der Waals surface area contributed by atoms with Crippen molar-refractivity contribution in [3.63, 3.8) is 0 Å². The van der Waals surface area contributed by atoms with Crippen LogP contribution in [0.2, 0.25) is 0 Å². The van der Waals surface area contributed by atoms with Crippen LogP contribution < -0.4 is 4.74 Å². The normalized spacial score (nSPS) is 11.7. The number of fused-ring (bicyclic) bond motifs is 1. The molecule has 0 aliphatic heterocycles. The Kier molecular flexibility index (Phi) is 6.46. The van der Waals surface area contributed by atoms with Crippen LogP contribution in [0.5, 0.6) is 5.75 Å². The van der Waals surface area contributed by atoms with E-state index in [1.54, 1.807) is 0 Å². The highest BCUT2D eigenvalue weighted by Crippen LogP contribution is 2.39. The maximum Gasteiger partial charge on any atom is 0.174 e. The first kappa shape index (κ1) is 21.8. The summed E-state index contributed by atoms with van der Waals surface area (Å²) < 4.78 is 5.61. The molecule has 0 aliphatic carbocycles. The van der Waals surface area contributed by atoms with Crippen molar-refractivity contribution in [2.75, 3.05) is 6.61 Å². The van der Waals surface area contributed by atoms with E-state index >= 15 is 0 Å². The zero-order valence-corrected chi connectivity index (χ0v) is 18.9. The minimum atomic E-state index is 0.00938. The number of hydrogen-bond donors (Lipinski definition) is 0. The van der Waals surface area contributed by atoms with Gasteiger partial charge in [-0.1, -0.05) is 64.4 Å². The van der Waals surface area contributed by atoms with Crippen LogP contribution in [-0.4, -0.2) is 11.6 Å². The van der Waals surface area contributed by atoms with Crippen molar-refractivity contribution in [2.45, 2.75) is 48.0 Å². The standard InChI is InChI=1S/C27H31N2O/c1-18(2)15-25-23(17-27(4,5)6)26(20-9-7-19(3)8-10-20)22-16-21(30-14-13-28)11-12-24(22)29-25/h7-12,16-18H,14-15H2,1-6H3. The maximum absolute atomic E-state index is 8.90. The molecule has 2 aromatic carbocycles. The Bertz CT molecular complexity index is 1070. The molecule has 3 rings (SSSR count). The number of pyridine rings is 1. The van der Waals surface area contributed by atoms with E-state index in [-0.39, 0.29) is 12.0 Å². The van der Waals surface area contributed by atoms with Gasteiger partial charge in [0.25, 0.3) is 0 Å². The quantitative estimate of drug-likeness (QED) is 0.452. The number of nitrogens with zero attached hydrogens (tertiary/aromatic N) is 2. The fraction of sp³-hybridized carbons (Fsp3) is 0.370. The zero-order chi connectivity index (χ0) is 21.9. The summed E-state index contributed by atoms with van der Waals surface area (Å²) in [5.74, 6) is 1.20. The van der Waals surface area contributed by atoms with Gasteiger partial charge in [0.1, 0.15) is 11.8 Å². The second-order valence-corrected chi connectivity index (χ2v) is 9.45. The van der Waals surface area contributed by atoms with E-state index < -0.39 is 0 Å². The molecule has 155 valence electrons. The second-order valence-electron chi connectivity index (χ2n) is 9.45. The minimum Gasteiger partial charge on any atom is -0.479 e. The largest absolute Gasteiger partial charge is 0.479 e. The van der Waals surface area contributed by atoms with Crippen molar-refractivity contribution < 1.29 is 4.74 Å². The summed E-state index contributed by atoms with van der Waals surface area (Å²) in [5.41, 5.74) is 6.89. The lowest BCUT2D eigenvalue weighted by Gasteiger charge is -2.25. The monoisotopic (exact) mass is 399 g/mol. The summed E-state index contributed by atoms with van der Waals surface area (Å²) >= 11 is 0. The van der Waals surface area contributed by atoms with Gasteiger partial charge in [-0.25, -0.2) is 0 Å². The number of ether oxygens (including phenoxy) is 1. The average molecular weight is 400 g/mol. The van der Waals surface area contributed by atoms with Crippen LogP contribution in [0, 0.1) is 36.0 Å². The van der Waals surface area contributed by atoms with Crippen LogP contribution in [0.4, 0.5) is 0 Å². The fourth-order valence-electron chi connectivity index (χ4n) is 3.68. The van der Waals surface area contributed by atoms with E-state index in [0.29, 0.717) is 11.7 Å². The topological polar surface area (TPSA) is 45.9 Å². The number of aromatic nitrogens is 1. The van der Waals surface area contributed by atoms with Gasteiger partial charge >= 0.3 is 0 Å². The maximum atomic E-state index is 8.90. The third-order valence-electron chi connectivity index (χ3n) is 4.90. The molecular weight excluding hydrogens is 368 g/mol. The first-order chi connectivity index (χ1) is 14.2. The Morgan fingerprint density at radius 1 is 1.10 bits per heavy atom. The minimum absolute atomic E-state index is 0.00938. The van der Waals surface area contributed by atoms with E-state index in [1.807, 2.05) is 24.3 Å². The molecule has 3 aromatic rings. The van der Waals surface area contributed by atoms with Gasteiger partial charge in [-0.2, -0.15) is 5.26 Å². The van der Waals surface area contributed by atoms with Gasteiger partial charge in [0.05, 0.1) is 5.52 Å². The van der Waals surface area contributed by atoms with Gasteiger partial charge in [0.15, 0.2) is 6.61 Å². The summed E-state index contributed by atoms with van der Waals surface area (Å²) in [6, 6.07) is 16.7. The first-order valence-corrected chi connectivity index (χ1v) is 10.6. The van der Waals surface area contributed by atoms with Crippen molar-refractivity contribution in [3.05, 3.63) is 65.7 Å². The van der Waals surface area contributed by atoms with Gasteiger partial charge in [0.2, 0.25) is 0 Å². The second kappa shape index (κ2) is 8.88. The van der Waals surface area contributed by atoms with Crippen LogP contribution in [0.15, 0.2) is 42.5 Å². The van der Waals surface area contributed by atoms with Crippen LogP contribution in [0.25, 0.3) is 22.0 Å². The van der Waals surface area contributed by atoms with Crippen LogP contribution >= 0.6 is 0 Å². The summed E-state index contributed by atoms with van der Waals surface area (Å²) in [7, 11) is 0. The number of benzene rings is 2. The van der Waals surface area contributed by atoms with E-state index in [1.165, 1.54) is 22.3 Å². The van der Waals surface area contributed by atoms with Gasteiger partial charge < -0.3 is 4.74 Å². The van der Waals surface area contributed by atoms with E-state index in [2.05, 4.69) is 72.2 Å². The Hall–Kier alpha value is -2.86. The predicted octanol–water partition coefficient (Wildman–Crippen LogP) is 6.91. The highest BCUT2D eigenvalue weighted by molar-refractivity contribution is 5.98. The molecule has 0 bridgehead atoms. The molecule has 1 heterocycles. The number of nitriles is 1. The van der Waals surface area contributed by atoms with Crippen molar-refractivity contribution in [1.29, 1.82) is 5.26 Å². The highest BCUT2D eigenvalue weighted by atomic mass is 16.5. The molecule has 0 saturated heterocycles. The summed E-state index contributed by atoms with van der Waals surface area (Å²) in [4.78, 5) is 5.07. The molecular formula is C27H31N2O. The Labute approximate surface area is 180 Å². The molecule has 1 aromatic heterocycles. The third-order valence-corrected chi connectivity index (χ3v) is 4.90. The zero-order valence-electron chi connectivity index (χ0n) is 18.9. The van der Waals surface area contributed by atoms with Crippen molar-refractivity contribution in [3.8, 4) is 22.9 Å². The molecule has 0 unspecified atom stereocenters. The molecule has 0 spiro atoms. The van der Waals surface area contributed by atoms with E-state index in [4.69, 9.17) is 15.0 Å². The number of hydrogen-bond acceptors (Lipinski definition) is 3. The molecule has 0 saturated carbocycles. The molecule has 0 atom stereocenters. The van der Waals surface area contributed by atoms with E-state index in [9.17, 15) is 0 Å². The molecule has 0 fully saturated rings. The third kappa shape index (κ3) is 5.19. The predicted molar refractivity (Wildman–Crippen MR) is 124 cm³/mol. The highest BCUT2D eigenvalue weighted by Gasteiger charge is 2.23. The van der Waals surface area contributed by atoms with Crippen LogP contribution in [-0.2, 0) is 6.42 Å². The lowest BCUT2D eigenvalue weighted by molar-refractivity contribution is 0.368. The lowest BCUT2D eigenvalue weighted by Crippen LogP contribution is -2.13. The van der Waals surface area contributed by atoms with Gasteiger partial charge in [-0.3, -0.25) is 4.98 Å². The Morgan fingerprint density at radius 3 is 2.40 bits per heavy atom. The summed E-state index contributed by atoms with van der Waals surface area (Å²) in [5, 5.41) is 9.95. The molecule has 0 N–H and O–H groups in total. The van der Waals surface area contributed by atoms with Crippen LogP contribution in [0.3, 0.4) is 0 Å². The van der Waals surface area contributed by atoms with Gasteiger partial charge in [0, 0.05) is 11.1 Å². The van der Waals surface area contributed by atoms with Crippen molar-refractivity contribution >= 4 is 10.9 Å². The smallest absolute Gasteiger partial charge is 0.174 e. The summed E-state index contributed by atoms with van der Waals surface area (Å²) in [6.45, 7) is 13.3. The number of rotatable bonds is 6. The van der Waals surface area contributed by atoms with E-state index in [0.717, 1.165) is 23.0 Å². The van der Waals surface area contributed by atoms with Gasteiger partial charge in [-0.05, 0) is 66.0 Å². The molecule has 0 amide bonds. The Balaban J connectivity index is 2.35. The molecule has 0 aliphatic rings. The first-order valence-electron chi connectivity index (χ1n) is 10.6. The lowest BCUT2D eigenvalue weighted by atomic mass is 9.81. The average Bonchev–Trinajstić information content (AvgIpc) is 2.66. The summed E-state index contributed by atoms with van der Waals surface area (Å²) in [6.07, 6.45) is 3.26. The van der Waals surface area contributed by atoms with Crippen molar-refractivity contribution in [2.24, 2.45) is 11.3 Å². The molecule has 30 heavy (non-hydrogen) atoms. The number of aryl methyl sites for hydroxylation is 1.